The Kier molecular flexibility index (Phi) is 3.68. The molecule has 4 heterocycles. The van der Waals surface area contributed by atoms with Crippen LogP contribution in [0.5, 0.6) is 5.75 Å². The maximum atomic E-state index is 6.00. The molecule has 1 N–H and O–H groups in total. The van der Waals surface area contributed by atoms with Gasteiger partial charge in [-0.3, -0.25) is 5.10 Å². The van der Waals surface area contributed by atoms with Crippen LogP contribution in [0.3, 0.4) is 0 Å². The molecule has 1 aromatic carbocycles. The summed E-state index contributed by atoms with van der Waals surface area (Å²) in [6, 6.07) is 10.3. The Balaban J connectivity index is 1.19. The van der Waals surface area contributed by atoms with Crippen molar-refractivity contribution in [2.45, 2.75) is 50.7 Å². The van der Waals surface area contributed by atoms with Gasteiger partial charge in [0.15, 0.2) is 5.89 Å². The number of hydrogen-bond donors (Lipinski definition) is 1. The van der Waals surface area contributed by atoms with Crippen LogP contribution in [0.4, 0.5) is 5.82 Å². The smallest absolute Gasteiger partial charge is 0.197 e. The van der Waals surface area contributed by atoms with E-state index in [1.807, 2.05) is 24.4 Å². The van der Waals surface area contributed by atoms with Gasteiger partial charge in [-0.05, 0) is 56.0 Å². The fourth-order valence-electron chi connectivity index (χ4n) is 4.32. The molecular formula is C24H23N5O2. The van der Waals surface area contributed by atoms with Crippen molar-refractivity contribution in [3.05, 3.63) is 53.9 Å². The third-order valence-corrected chi connectivity index (χ3v) is 6.38. The number of H-pyrrole nitrogens is 1. The van der Waals surface area contributed by atoms with E-state index in [4.69, 9.17) is 14.1 Å². The highest BCUT2D eigenvalue weighted by Gasteiger charge is 2.32. The second kappa shape index (κ2) is 6.57. The maximum Gasteiger partial charge on any atom is 0.197 e. The average Bonchev–Trinajstić information content (AvgIpc) is 3.73. The van der Waals surface area contributed by atoms with E-state index in [0.717, 1.165) is 83.4 Å². The number of hydrogen-bond acceptors (Lipinski definition) is 6. The highest BCUT2D eigenvalue weighted by atomic mass is 16.5. The molecule has 0 saturated heterocycles. The molecule has 2 saturated carbocycles. The Hall–Kier alpha value is -3.35. The molecule has 31 heavy (non-hydrogen) atoms. The molecule has 7 heteroatoms. The molecule has 3 aliphatic rings. The third-order valence-electron chi connectivity index (χ3n) is 6.38. The number of rotatable bonds is 5. The second-order valence-corrected chi connectivity index (χ2v) is 8.87. The van der Waals surface area contributed by atoms with Gasteiger partial charge in [0.05, 0.1) is 18.2 Å². The monoisotopic (exact) mass is 413 g/mol. The number of ether oxygens (including phenoxy) is 1. The number of aromatic nitrogens is 4. The molecule has 156 valence electrons. The van der Waals surface area contributed by atoms with Crippen LogP contribution in [0.25, 0.3) is 22.2 Å². The van der Waals surface area contributed by atoms with E-state index < -0.39 is 0 Å². The predicted octanol–water partition coefficient (Wildman–Crippen LogP) is 4.59. The van der Waals surface area contributed by atoms with Crippen molar-refractivity contribution in [1.82, 2.24) is 20.2 Å². The van der Waals surface area contributed by atoms with Gasteiger partial charge in [0, 0.05) is 36.0 Å². The molecule has 0 bridgehead atoms. The summed E-state index contributed by atoms with van der Waals surface area (Å²) in [6.07, 6.45) is 7.82. The topological polar surface area (TPSA) is 80.1 Å². The Morgan fingerprint density at radius 1 is 1.10 bits per heavy atom. The SMILES string of the molecule is c1cc(-c2n[nH]c3ccc(OC4CC4)cc23)cc(N2CCc3oc(C4CC4)nc3C2)n1. The van der Waals surface area contributed by atoms with Crippen LogP contribution in [0.15, 0.2) is 40.9 Å². The van der Waals surface area contributed by atoms with E-state index >= 15 is 0 Å². The van der Waals surface area contributed by atoms with E-state index in [1.165, 1.54) is 12.8 Å². The maximum absolute atomic E-state index is 6.00. The molecule has 7 nitrogen and oxygen atoms in total. The van der Waals surface area contributed by atoms with Crippen molar-refractivity contribution >= 4 is 16.7 Å². The Labute approximate surface area is 179 Å². The summed E-state index contributed by atoms with van der Waals surface area (Å²) in [7, 11) is 0. The highest BCUT2D eigenvalue weighted by Crippen LogP contribution is 2.41. The molecule has 4 aromatic rings. The molecule has 0 unspecified atom stereocenters. The van der Waals surface area contributed by atoms with E-state index in [2.05, 4.69) is 32.2 Å². The normalized spacial score (nSPS) is 18.4. The zero-order valence-electron chi connectivity index (χ0n) is 17.2. The van der Waals surface area contributed by atoms with Crippen LogP contribution in [0.1, 0.15) is 48.9 Å². The van der Waals surface area contributed by atoms with Gasteiger partial charge in [-0.15, -0.1) is 0 Å². The first-order chi connectivity index (χ1) is 15.3. The van der Waals surface area contributed by atoms with Crippen molar-refractivity contribution < 1.29 is 9.15 Å². The number of anilines is 1. The van der Waals surface area contributed by atoms with Crippen LogP contribution in [0, 0.1) is 0 Å². The molecule has 0 atom stereocenters. The zero-order valence-corrected chi connectivity index (χ0v) is 17.2. The number of benzene rings is 1. The molecule has 7 rings (SSSR count). The standard InChI is InChI=1S/C24H23N5O2/c1-2-14(1)24-26-20-13-29(10-8-21(20)31-24)22-11-15(7-9-25-22)23-18-12-17(30-16-3-4-16)5-6-19(18)27-28-23/h5-7,9,11-12,14,16H,1-4,8,10,13H2,(H,27,28). The largest absolute Gasteiger partial charge is 0.490 e. The molecule has 3 aromatic heterocycles. The quantitative estimate of drug-likeness (QED) is 0.515. The third kappa shape index (κ3) is 3.15. The zero-order chi connectivity index (χ0) is 20.4. The average molecular weight is 413 g/mol. The van der Waals surface area contributed by atoms with Crippen LogP contribution < -0.4 is 9.64 Å². The van der Waals surface area contributed by atoms with Gasteiger partial charge in [0.1, 0.15) is 28.7 Å². The van der Waals surface area contributed by atoms with Crippen LogP contribution in [-0.2, 0) is 13.0 Å². The van der Waals surface area contributed by atoms with Crippen molar-refractivity contribution in [3.8, 4) is 17.0 Å². The number of nitrogens with one attached hydrogen (secondary N) is 1. The van der Waals surface area contributed by atoms with Gasteiger partial charge < -0.3 is 14.1 Å². The second-order valence-electron chi connectivity index (χ2n) is 8.87. The molecule has 0 spiro atoms. The van der Waals surface area contributed by atoms with Crippen LogP contribution >= 0.6 is 0 Å². The van der Waals surface area contributed by atoms with E-state index in [0.29, 0.717) is 12.0 Å². The number of nitrogens with zero attached hydrogens (tertiary/aromatic N) is 4. The minimum atomic E-state index is 0.376. The minimum Gasteiger partial charge on any atom is -0.490 e. The van der Waals surface area contributed by atoms with Gasteiger partial charge in [-0.1, -0.05) is 0 Å². The molecule has 0 amide bonds. The lowest BCUT2D eigenvalue weighted by Crippen LogP contribution is -2.30. The lowest BCUT2D eigenvalue weighted by molar-refractivity contribution is 0.303. The lowest BCUT2D eigenvalue weighted by Gasteiger charge is -2.26. The molecule has 2 fully saturated rings. The van der Waals surface area contributed by atoms with E-state index in [9.17, 15) is 0 Å². The summed E-state index contributed by atoms with van der Waals surface area (Å²) in [5.41, 5.74) is 4.04. The number of oxazole rings is 1. The summed E-state index contributed by atoms with van der Waals surface area (Å²) < 4.78 is 12.0. The fourth-order valence-corrected chi connectivity index (χ4v) is 4.32. The van der Waals surface area contributed by atoms with Gasteiger partial charge in [-0.25, -0.2) is 9.97 Å². The van der Waals surface area contributed by atoms with E-state index in [-0.39, 0.29) is 0 Å². The van der Waals surface area contributed by atoms with Gasteiger partial charge >= 0.3 is 0 Å². The van der Waals surface area contributed by atoms with Crippen molar-refractivity contribution in [3.63, 3.8) is 0 Å². The summed E-state index contributed by atoms with van der Waals surface area (Å²) in [4.78, 5) is 11.7. The first kappa shape index (κ1) is 17.3. The molecule has 1 aliphatic heterocycles. The number of pyridine rings is 1. The Morgan fingerprint density at radius 2 is 2.03 bits per heavy atom. The summed E-state index contributed by atoms with van der Waals surface area (Å²) in [5, 5.41) is 8.82. The first-order valence-corrected chi connectivity index (χ1v) is 11.1. The van der Waals surface area contributed by atoms with Gasteiger partial charge in [0.25, 0.3) is 0 Å². The Bertz CT molecular complexity index is 1280. The molecule has 0 radical (unpaired) electrons. The Morgan fingerprint density at radius 3 is 2.90 bits per heavy atom. The molecular weight excluding hydrogens is 390 g/mol. The number of aromatic amines is 1. The first-order valence-electron chi connectivity index (χ1n) is 11.1. The van der Waals surface area contributed by atoms with Crippen LogP contribution in [0.2, 0.25) is 0 Å². The van der Waals surface area contributed by atoms with Gasteiger partial charge in [0.2, 0.25) is 0 Å². The van der Waals surface area contributed by atoms with Crippen molar-refractivity contribution in [1.29, 1.82) is 0 Å². The van der Waals surface area contributed by atoms with Crippen LogP contribution in [-0.4, -0.2) is 32.8 Å². The van der Waals surface area contributed by atoms with Gasteiger partial charge in [-0.2, -0.15) is 5.10 Å². The lowest BCUT2D eigenvalue weighted by atomic mass is 10.1. The summed E-state index contributed by atoms with van der Waals surface area (Å²) in [6.45, 7) is 1.62. The molecule has 2 aliphatic carbocycles. The van der Waals surface area contributed by atoms with E-state index in [1.54, 1.807) is 0 Å². The van der Waals surface area contributed by atoms with Crippen molar-refractivity contribution in [2.24, 2.45) is 0 Å². The van der Waals surface area contributed by atoms with Crippen molar-refractivity contribution in [2.75, 3.05) is 11.4 Å². The fraction of sp³-hybridized carbons (Fsp3) is 0.375. The minimum absolute atomic E-state index is 0.376. The summed E-state index contributed by atoms with van der Waals surface area (Å²) in [5.74, 6) is 4.38. The highest BCUT2D eigenvalue weighted by molar-refractivity contribution is 5.94. The number of fused-ring (bicyclic) bond motifs is 2. The predicted molar refractivity (Wildman–Crippen MR) is 116 cm³/mol. The summed E-state index contributed by atoms with van der Waals surface area (Å²) >= 11 is 0.